The second-order valence-corrected chi connectivity index (χ2v) is 2.86. The Balaban J connectivity index is 2.79. The molecule has 0 aromatic carbocycles. The van der Waals surface area contributed by atoms with Crippen LogP contribution in [0, 0.1) is 18.8 Å². The topological polar surface area (TPSA) is 39.2 Å². The van der Waals surface area contributed by atoms with E-state index >= 15 is 0 Å². The molecule has 0 saturated heterocycles. The number of carbonyl (C=O) groups is 1. The maximum Gasteiger partial charge on any atom is 0.384 e. The summed E-state index contributed by atoms with van der Waals surface area (Å²) in [4.78, 5) is 15.4. The molecule has 1 rings (SSSR count). The second kappa shape index (κ2) is 3.88. The van der Waals surface area contributed by atoms with Crippen LogP contribution in [0.25, 0.3) is 0 Å². The summed E-state index contributed by atoms with van der Waals surface area (Å²) in [7, 11) is 1.30. The van der Waals surface area contributed by atoms with Crippen LogP contribution in [0.15, 0.2) is 5.51 Å². The average Bonchev–Trinajstić information content (AvgIpc) is 2.47. The highest BCUT2D eigenvalue weighted by molar-refractivity contribution is 7.10. The number of aryl methyl sites for hydroxylation is 1. The van der Waals surface area contributed by atoms with E-state index in [1.54, 1.807) is 5.51 Å². The highest BCUT2D eigenvalue weighted by Crippen LogP contribution is 2.09. The van der Waals surface area contributed by atoms with E-state index in [0.717, 1.165) is 10.6 Å². The van der Waals surface area contributed by atoms with Gasteiger partial charge in [0.1, 0.15) is 4.88 Å². The largest absolute Gasteiger partial charge is 0.459 e. The zero-order valence-corrected chi connectivity index (χ0v) is 7.57. The van der Waals surface area contributed by atoms with E-state index in [0.29, 0.717) is 0 Å². The van der Waals surface area contributed by atoms with Crippen LogP contribution in [-0.2, 0) is 9.53 Å². The molecule has 0 unspecified atom stereocenters. The van der Waals surface area contributed by atoms with Crippen LogP contribution in [-0.4, -0.2) is 18.1 Å². The van der Waals surface area contributed by atoms with E-state index in [-0.39, 0.29) is 0 Å². The molecular formula is C8H7NO2S. The van der Waals surface area contributed by atoms with Gasteiger partial charge in [-0.25, -0.2) is 9.78 Å². The number of esters is 1. The van der Waals surface area contributed by atoms with Gasteiger partial charge in [-0.1, -0.05) is 0 Å². The summed E-state index contributed by atoms with van der Waals surface area (Å²) in [5.74, 6) is 4.48. The van der Waals surface area contributed by atoms with Crippen molar-refractivity contribution in [2.24, 2.45) is 0 Å². The first-order valence-electron chi connectivity index (χ1n) is 3.24. The van der Waals surface area contributed by atoms with Gasteiger partial charge in [-0.05, 0) is 12.8 Å². The molecule has 0 aliphatic carbocycles. The Morgan fingerprint density at radius 3 is 3.00 bits per heavy atom. The van der Waals surface area contributed by atoms with Crippen LogP contribution in [0.5, 0.6) is 0 Å². The fourth-order valence-electron chi connectivity index (χ4n) is 0.581. The zero-order valence-electron chi connectivity index (χ0n) is 6.75. The van der Waals surface area contributed by atoms with Gasteiger partial charge in [0.25, 0.3) is 0 Å². The third-order valence-corrected chi connectivity index (χ3v) is 2.05. The first-order chi connectivity index (χ1) is 5.74. The minimum Gasteiger partial charge on any atom is -0.459 e. The quantitative estimate of drug-likeness (QED) is 0.442. The Morgan fingerprint density at radius 2 is 2.50 bits per heavy atom. The predicted molar refractivity (Wildman–Crippen MR) is 45.7 cm³/mol. The molecule has 1 aromatic heterocycles. The molecule has 1 aromatic rings. The molecule has 62 valence electrons. The molecule has 0 aliphatic rings. The monoisotopic (exact) mass is 181 g/mol. The number of thiazole rings is 1. The zero-order chi connectivity index (χ0) is 8.97. The Labute approximate surface area is 74.4 Å². The molecule has 0 atom stereocenters. The van der Waals surface area contributed by atoms with Crippen molar-refractivity contribution in [2.75, 3.05) is 7.11 Å². The van der Waals surface area contributed by atoms with Crippen LogP contribution < -0.4 is 0 Å². The number of nitrogens with zero attached hydrogens (tertiary/aromatic N) is 1. The highest BCUT2D eigenvalue weighted by atomic mass is 32.1. The number of hydrogen-bond acceptors (Lipinski definition) is 4. The maximum absolute atomic E-state index is 10.6. The fourth-order valence-corrected chi connectivity index (χ4v) is 1.23. The van der Waals surface area contributed by atoms with Crippen molar-refractivity contribution in [3.8, 4) is 11.8 Å². The smallest absolute Gasteiger partial charge is 0.384 e. The van der Waals surface area contributed by atoms with Crippen molar-refractivity contribution in [3.05, 3.63) is 16.1 Å². The first kappa shape index (κ1) is 8.75. The van der Waals surface area contributed by atoms with Crippen molar-refractivity contribution in [1.82, 2.24) is 4.98 Å². The Morgan fingerprint density at radius 1 is 1.75 bits per heavy atom. The van der Waals surface area contributed by atoms with Crippen LogP contribution in [0.4, 0.5) is 0 Å². The molecule has 3 nitrogen and oxygen atoms in total. The van der Waals surface area contributed by atoms with Crippen molar-refractivity contribution in [3.63, 3.8) is 0 Å². The highest BCUT2D eigenvalue weighted by Gasteiger charge is 1.96. The van der Waals surface area contributed by atoms with E-state index in [1.165, 1.54) is 18.4 Å². The van der Waals surface area contributed by atoms with Gasteiger partial charge in [-0.2, -0.15) is 0 Å². The fraction of sp³-hybridized carbons (Fsp3) is 0.250. The van der Waals surface area contributed by atoms with E-state index in [1.807, 2.05) is 6.92 Å². The molecular weight excluding hydrogens is 174 g/mol. The van der Waals surface area contributed by atoms with Gasteiger partial charge in [0.05, 0.1) is 18.3 Å². The molecule has 0 saturated carbocycles. The molecule has 4 heteroatoms. The molecule has 0 fully saturated rings. The number of rotatable bonds is 0. The Bertz CT molecular complexity index is 345. The third kappa shape index (κ3) is 2.07. The van der Waals surface area contributed by atoms with Crippen molar-refractivity contribution >= 4 is 17.3 Å². The maximum atomic E-state index is 10.6. The van der Waals surface area contributed by atoms with Gasteiger partial charge >= 0.3 is 5.97 Å². The summed E-state index contributed by atoms with van der Waals surface area (Å²) in [6.07, 6.45) is 0. The molecule has 1 heterocycles. The lowest BCUT2D eigenvalue weighted by Gasteiger charge is -1.84. The predicted octanol–water partition coefficient (Wildman–Crippen LogP) is 0.976. The lowest BCUT2D eigenvalue weighted by molar-refractivity contribution is -0.133. The molecule has 0 bridgehead atoms. The lowest BCUT2D eigenvalue weighted by atomic mass is 10.4. The normalized spacial score (nSPS) is 8.50. The second-order valence-electron chi connectivity index (χ2n) is 2.01. The van der Waals surface area contributed by atoms with E-state index < -0.39 is 5.97 Å². The summed E-state index contributed by atoms with van der Waals surface area (Å²) < 4.78 is 4.36. The van der Waals surface area contributed by atoms with Crippen LogP contribution in [0.2, 0.25) is 0 Å². The third-order valence-electron chi connectivity index (χ3n) is 1.21. The lowest BCUT2D eigenvalue weighted by Crippen LogP contribution is -1.94. The van der Waals surface area contributed by atoms with E-state index in [4.69, 9.17) is 0 Å². The Hall–Kier alpha value is -1.34. The van der Waals surface area contributed by atoms with Gasteiger partial charge in [0.15, 0.2) is 0 Å². The van der Waals surface area contributed by atoms with E-state index in [9.17, 15) is 4.79 Å². The van der Waals surface area contributed by atoms with Crippen LogP contribution in [0.1, 0.15) is 10.6 Å². The van der Waals surface area contributed by atoms with Gasteiger partial charge < -0.3 is 4.74 Å². The summed E-state index contributed by atoms with van der Waals surface area (Å²) in [5, 5.41) is 0. The minimum atomic E-state index is -0.525. The minimum absolute atomic E-state index is 0.525. The van der Waals surface area contributed by atoms with Crippen LogP contribution in [0.3, 0.4) is 0 Å². The number of carbonyl (C=O) groups excluding carboxylic acids is 1. The van der Waals surface area contributed by atoms with Gasteiger partial charge in [0.2, 0.25) is 0 Å². The van der Waals surface area contributed by atoms with Crippen LogP contribution >= 0.6 is 11.3 Å². The summed E-state index contributed by atoms with van der Waals surface area (Å²) >= 11 is 1.41. The van der Waals surface area contributed by atoms with Crippen molar-refractivity contribution < 1.29 is 9.53 Å². The summed E-state index contributed by atoms with van der Waals surface area (Å²) in [6.45, 7) is 1.85. The molecule has 12 heavy (non-hydrogen) atoms. The molecule has 0 radical (unpaired) electrons. The average molecular weight is 181 g/mol. The number of hydrogen-bond donors (Lipinski definition) is 0. The van der Waals surface area contributed by atoms with Gasteiger partial charge in [-0.3, -0.25) is 0 Å². The standard InChI is InChI=1S/C8H7NO2S/c1-6-7(12-5-9-6)3-4-8(10)11-2/h5H,1-2H3. The molecule has 0 spiro atoms. The molecule has 0 amide bonds. The first-order valence-corrected chi connectivity index (χ1v) is 4.12. The summed E-state index contributed by atoms with van der Waals surface area (Å²) in [5.41, 5.74) is 2.53. The van der Waals surface area contributed by atoms with Crippen molar-refractivity contribution in [1.29, 1.82) is 0 Å². The summed E-state index contributed by atoms with van der Waals surface area (Å²) in [6, 6.07) is 0. The molecule has 0 aliphatic heterocycles. The van der Waals surface area contributed by atoms with Gasteiger partial charge in [0, 0.05) is 5.92 Å². The SMILES string of the molecule is COC(=O)C#Cc1scnc1C. The number of methoxy groups -OCH3 is 1. The van der Waals surface area contributed by atoms with Crippen molar-refractivity contribution in [2.45, 2.75) is 6.92 Å². The molecule has 0 N–H and O–H groups in total. The van der Waals surface area contributed by atoms with E-state index in [2.05, 4.69) is 21.6 Å². The van der Waals surface area contributed by atoms with Gasteiger partial charge in [-0.15, -0.1) is 11.3 Å². The number of aromatic nitrogens is 1. The Kier molecular flexibility index (Phi) is 2.83. The number of ether oxygens (including phenoxy) is 1.